The standard InChI is InChI=1S/C19H22ClN3O3/c20-15-2-3-19-14(7-15)6-13(12-26-19)9-22-4-1-5-23-16(10-22)8-17(21-23)18(25)11-24/h2-3,6-8,18,24-25H,1,4-5,9-12H2. The van der Waals surface area contributed by atoms with Gasteiger partial charge in [0.2, 0.25) is 0 Å². The van der Waals surface area contributed by atoms with Gasteiger partial charge in [-0.05, 0) is 42.3 Å². The maximum atomic E-state index is 9.82. The Bertz CT molecular complexity index is 833. The number of aromatic nitrogens is 2. The summed E-state index contributed by atoms with van der Waals surface area (Å²) in [5.41, 5.74) is 3.83. The van der Waals surface area contributed by atoms with Crippen molar-refractivity contribution in [3.8, 4) is 5.75 Å². The first kappa shape index (κ1) is 17.5. The number of halogens is 1. The van der Waals surface area contributed by atoms with Crippen molar-refractivity contribution in [3.05, 3.63) is 51.8 Å². The smallest absolute Gasteiger partial charge is 0.127 e. The van der Waals surface area contributed by atoms with E-state index in [9.17, 15) is 5.11 Å². The number of ether oxygens (including phenoxy) is 1. The summed E-state index contributed by atoms with van der Waals surface area (Å²) in [6.45, 7) is 3.63. The van der Waals surface area contributed by atoms with E-state index in [4.69, 9.17) is 21.4 Å². The number of aliphatic hydroxyl groups is 2. The number of benzene rings is 1. The van der Waals surface area contributed by atoms with Gasteiger partial charge >= 0.3 is 0 Å². The first-order valence-electron chi connectivity index (χ1n) is 8.82. The molecule has 7 heteroatoms. The Morgan fingerprint density at radius 3 is 3.00 bits per heavy atom. The normalized spacial score (nSPS) is 18.3. The molecule has 2 aliphatic heterocycles. The van der Waals surface area contributed by atoms with Gasteiger partial charge in [0.25, 0.3) is 0 Å². The van der Waals surface area contributed by atoms with Crippen molar-refractivity contribution in [1.82, 2.24) is 14.7 Å². The molecule has 0 saturated heterocycles. The summed E-state index contributed by atoms with van der Waals surface area (Å²) < 4.78 is 7.79. The molecule has 1 aromatic heterocycles. The molecule has 6 nitrogen and oxygen atoms in total. The lowest BCUT2D eigenvalue weighted by molar-refractivity contribution is 0.0916. The molecular formula is C19H22ClN3O3. The van der Waals surface area contributed by atoms with Crippen LogP contribution in [0.2, 0.25) is 5.02 Å². The molecule has 0 bridgehead atoms. The Labute approximate surface area is 157 Å². The van der Waals surface area contributed by atoms with Crippen molar-refractivity contribution in [1.29, 1.82) is 0 Å². The van der Waals surface area contributed by atoms with E-state index in [2.05, 4.69) is 16.1 Å². The Morgan fingerprint density at radius 2 is 2.15 bits per heavy atom. The molecule has 138 valence electrons. The van der Waals surface area contributed by atoms with Crippen LogP contribution in [-0.4, -0.2) is 51.2 Å². The zero-order valence-corrected chi connectivity index (χ0v) is 15.2. The maximum absolute atomic E-state index is 9.82. The molecule has 26 heavy (non-hydrogen) atoms. The summed E-state index contributed by atoms with van der Waals surface area (Å²) in [6, 6.07) is 7.56. The summed E-state index contributed by atoms with van der Waals surface area (Å²) in [5, 5.41) is 24.1. The first-order chi connectivity index (χ1) is 12.6. The third-order valence-electron chi connectivity index (χ3n) is 4.80. The van der Waals surface area contributed by atoms with Crippen LogP contribution in [-0.2, 0) is 13.1 Å². The van der Waals surface area contributed by atoms with Gasteiger partial charge in [0, 0.05) is 36.8 Å². The van der Waals surface area contributed by atoms with Gasteiger partial charge in [-0.2, -0.15) is 5.10 Å². The third-order valence-corrected chi connectivity index (χ3v) is 5.03. The quantitative estimate of drug-likeness (QED) is 0.857. The number of aliphatic hydroxyl groups excluding tert-OH is 2. The van der Waals surface area contributed by atoms with Gasteiger partial charge in [0.1, 0.15) is 18.5 Å². The number of hydrogen-bond acceptors (Lipinski definition) is 5. The highest BCUT2D eigenvalue weighted by Gasteiger charge is 2.21. The van der Waals surface area contributed by atoms with Crippen LogP contribution in [0.1, 0.15) is 29.5 Å². The summed E-state index contributed by atoms with van der Waals surface area (Å²) in [5.74, 6) is 0.870. The molecule has 0 radical (unpaired) electrons. The lowest BCUT2D eigenvalue weighted by atomic mass is 10.1. The van der Waals surface area contributed by atoms with E-state index in [0.717, 1.165) is 49.6 Å². The fourth-order valence-electron chi connectivity index (χ4n) is 3.52. The van der Waals surface area contributed by atoms with E-state index in [0.29, 0.717) is 17.3 Å². The molecule has 0 spiro atoms. The second-order valence-corrected chi connectivity index (χ2v) is 7.26. The molecular weight excluding hydrogens is 354 g/mol. The van der Waals surface area contributed by atoms with Crippen molar-refractivity contribution >= 4 is 17.7 Å². The molecule has 1 unspecified atom stereocenters. The van der Waals surface area contributed by atoms with Crippen molar-refractivity contribution in [2.45, 2.75) is 25.6 Å². The van der Waals surface area contributed by atoms with E-state index in [1.54, 1.807) is 0 Å². The van der Waals surface area contributed by atoms with Gasteiger partial charge < -0.3 is 14.9 Å². The molecule has 4 rings (SSSR count). The second-order valence-electron chi connectivity index (χ2n) is 6.82. The zero-order chi connectivity index (χ0) is 18.1. The van der Waals surface area contributed by atoms with Crippen molar-refractivity contribution in [3.63, 3.8) is 0 Å². The minimum Gasteiger partial charge on any atom is -0.489 e. The molecule has 1 aromatic carbocycles. The zero-order valence-electron chi connectivity index (χ0n) is 14.4. The third kappa shape index (κ3) is 3.64. The Kier molecular flexibility index (Phi) is 5.00. The highest BCUT2D eigenvalue weighted by Crippen LogP contribution is 2.29. The Hall–Kier alpha value is -1.86. The van der Waals surface area contributed by atoms with Crippen LogP contribution in [0.3, 0.4) is 0 Å². The lowest BCUT2D eigenvalue weighted by Gasteiger charge is -2.24. The molecule has 2 N–H and O–H groups in total. The van der Waals surface area contributed by atoms with Crippen LogP contribution < -0.4 is 4.74 Å². The maximum Gasteiger partial charge on any atom is 0.127 e. The summed E-state index contributed by atoms with van der Waals surface area (Å²) in [6.07, 6.45) is 2.23. The Morgan fingerprint density at radius 1 is 1.27 bits per heavy atom. The van der Waals surface area contributed by atoms with Gasteiger partial charge in [0.05, 0.1) is 18.0 Å². The van der Waals surface area contributed by atoms with Crippen molar-refractivity contribution in [2.24, 2.45) is 0 Å². The van der Waals surface area contributed by atoms with Gasteiger partial charge in [-0.3, -0.25) is 9.58 Å². The topological polar surface area (TPSA) is 70.8 Å². The van der Waals surface area contributed by atoms with E-state index < -0.39 is 6.10 Å². The fourth-order valence-corrected chi connectivity index (χ4v) is 3.70. The monoisotopic (exact) mass is 375 g/mol. The number of aryl methyl sites for hydroxylation is 1. The summed E-state index contributed by atoms with van der Waals surface area (Å²) >= 11 is 6.09. The van der Waals surface area contributed by atoms with Crippen LogP contribution in [0.5, 0.6) is 5.75 Å². The first-order valence-corrected chi connectivity index (χ1v) is 9.20. The van der Waals surface area contributed by atoms with Gasteiger partial charge in [0.15, 0.2) is 0 Å². The molecule has 0 amide bonds. The van der Waals surface area contributed by atoms with Crippen LogP contribution in [0.25, 0.3) is 6.08 Å². The largest absolute Gasteiger partial charge is 0.489 e. The van der Waals surface area contributed by atoms with Crippen molar-refractivity contribution < 1.29 is 14.9 Å². The Balaban J connectivity index is 1.50. The molecule has 0 saturated carbocycles. The fraction of sp³-hybridized carbons (Fsp3) is 0.421. The summed E-state index contributed by atoms with van der Waals surface area (Å²) in [4.78, 5) is 2.36. The average molecular weight is 376 g/mol. The highest BCUT2D eigenvalue weighted by molar-refractivity contribution is 6.30. The minimum atomic E-state index is -0.918. The van der Waals surface area contributed by atoms with Crippen molar-refractivity contribution in [2.75, 3.05) is 26.3 Å². The molecule has 2 aliphatic rings. The predicted molar refractivity (Wildman–Crippen MR) is 99.1 cm³/mol. The SMILES string of the molecule is OCC(O)c1cc2n(n1)CCCN(CC1=Cc3cc(Cl)ccc3OC1)C2. The average Bonchev–Trinajstić information content (AvgIpc) is 2.94. The van der Waals surface area contributed by atoms with E-state index in [1.807, 2.05) is 28.9 Å². The number of nitrogens with zero attached hydrogens (tertiary/aromatic N) is 3. The van der Waals surface area contributed by atoms with Crippen LogP contribution >= 0.6 is 11.6 Å². The molecule has 1 atom stereocenters. The van der Waals surface area contributed by atoms with E-state index in [-0.39, 0.29) is 6.61 Å². The number of hydrogen-bond donors (Lipinski definition) is 2. The summed E-state index contributed by atoms with van der Waals surface area (Å²) in [7, 11) is 0. The van der Waals surface area contributed by atoms with Gasteiger partial charge in [-0.15, -0.1) is 0 Å². The van der Waals surface area contributed by atoms with Crippen LogP contribution in [0, 0.1) is 0 Å². The molecule has 2 aromatic rings. The van der Waals surface area contributed by atoms with Crippen LogP contribution in [0.4, 0.5) is 0 Å². The number of fused-ring (bicyclic) bond motifs is 2. The number of rotatable bonds is 4. The van der Waals surface area contributed by atoms with Crippen LogP contribution in [0.15, 0.2) is 29.8 Å². The van der Waals surface area contributed by atoms with Gasteiger partial charge in [-0.1, -0.05) is 11.6 Å². The molecule has 3 heterocycles. The predicted octanol–water partition coefficient (Wildman–Crippen LogP) is 2.24. The van der Waals surface area contributed by atoms with Gasteiger partial charge in [-0.25, -0.2) is 0 Å². The lowest BCUT2D eigenvalue weighted by Crippen LogP contribution is -2.28. The van der Waals surface area contributed by atoms with E-state index >= 15 is 0 Å². The molecule has 0 fully saturated rings. The second kappa shape index (κ2) is 7.40. The van der Waals surface area contributed by atoms with E-state index in [1.165, 1.54) is 5.57 Å². The minimum absolute atomic E-state index is 0.313. The molecule has 0 aliphatic carbocycles. The highest BCUT2D eigenvalue weighted by atomic mass is 35.5.